The number of nitrogens with zero attached hydrogens (tertiary/aromatic N) is 2. The number of aromatic nitrogens is 1. The molecule has 0 unspecified atom stereocenters. The lowest BCUT2D eigenvalue weighted by molar-refractivity contribution is -0.390. The van der Waals surface area contributed by atoms with E-state index in [-0.39, 0.29) is 17.4 Å². The summed E-state index contributed by atoms with van der Waals surface area (Å²) < 4.78 is 5.30. The summed E-state index contributed by atoms with van der Waals surface area (Å²) in [5.74, 6) is -0.411. The van der Waals surface area contributed by atoms with Crippen molar-refractivity contribution in [3.63, 3.8) is 0 Å². The molecule has 0 radical (unpaired) electrons. The number of carbonyl (C=O) groups is 1. The van der Waals surface area contributed by atoms with E-state index >= 15 is 0 Å². The van der Waals surface area contributed by atoms with Crippen LogP contribution >= 0.6 is 0 Å². The largest absolute Gasteiger partial charge is 0.482 e. The van der Waals surface area contributed by atoms with Crippen LogP contribution in [0, 0.1) is 10.1 Å². The molecule has 1 aliphatic carbocycles. The molecule has 0 bridgehead atoms. The molecule has 78 valence electrons. The second-order valence-corrected chi connectivity index (χ2v) is 3.25. The molecule has 1 aromatic rings. The second-order valence-electron chi connectivity index (χ2n) is 3.25. The van der Waals surface area contributed by atoms with E-state index in [2.05, 4.69) is 4.98 Å². The van der Waals surface area contributed by atoms with E-state index in [0.29, 0.717) is 6.29 Å². The SMILES string of the molecule is O=Cc1ccnc([N+](=O)[O-])c1OC1CC1. The van der Waals surface area contributed by atoms with Crippen molar-refractivity contribution < 1.29 is 14.5 Å². The number of pyridine rings is 1. The lowest BCUT2D eigenvalue weighted by atomic mass is 10.2. The third-order valence-electron chi connectivity index (χ3n) is 2.02. The lowest BCUT2D eigenvalue weighted by Crippen LogP contribution is -2.04. The van der Waals surface area contributed by atoms with Crippen LogP contribution in [0.5, 0.6) is 5.75 Å². The van der Waals surface area contributed by atoms with Gasteiger partial charge in [0, 0.05) is 0 Å². The Morgan fingerprint density at radius 3 is 2.87 bits per heavy atom. The summed E-state index contributed by atoms with van der Waals surface area (Å²) in [5, 5.41) is 10.6. The smallest absolute Gasteiger partial charge is 0.406 e. The minimum absolute atomic E-state index is 0.00778. The summed E-state index contributed by atoms with van der Waals surface area (Å²) in [6.45, 7) is 0. The fraction of sp³-hybridized carbons (Fsp3) is 0.333. The van der Waals surface area contributed by atoms with Gasteiger partial charge in [-0.15, -0.1) is 0 Å². The van der Waals surface area contributed by atoms with Gasteiger partial charge in [-0.25, -0.2) is 0 Å². The molecule has 1 aromatic heterocycles. The van der Waals surface area contributed by atoms with Gasteiger partial charge in [-0.1, -0.05) is 0 Å². The van der Waals surface area contributed by atoms with Gasteiger partial charge in [-0.05, 0) is 28.8 Å². The van der Waals surface area contributed by atoms with Crippen molar-refractivity contribution in [1.29, 1.82) is 0 Å². The molecule has 1 saturated carbocycles. The van der Waals surface area contributed by atoms with Crippen LogP contribution in [0.3, 0.4) is 0 Å². The van der Waals surface area contributed by atoms with E-state index in [1.807, 2.05) is 0 Å². The topological polar surface area (TPSA) is 82.3 Å². The Hall–Kier alpha value is -1.98. The Morgan fingerprint density at radius 2 is 2.33 bits per heavy atom. The maximum Gasteiger partial charge on any atom is 0.406 e. The van der Waals surface area contributed by atoms with Crippen LogP contribution in [0.2, 0.25) is 0 Å². The standard InChI is InChI=1S/C9H8N2O4/c12-5-6-3-4-10-9(11(13)14)8(6)15-7-1-2-7/h3-5,7H,1-2H2. The van der Waals surface area contributed by atoms with E-state index in [0.717, 1.165) is 12.8 Å². The molecule has 2 rings (SSSR count). The van der Waals surface area contributed by atoms with E-state index in [1.165, 1.54) is 12.3 Å². The van der Waals surface area contributed by atoms with Crippen LogP contribution < -0.4 is 4.74 Å². The van der Waals surface area contributed by atoms with Crippen molar-refractivity contribution in [2.75, 3.05) is 0 Å². The molecule has 0 aromatic carbocycles. The Labute approximate surface area is 85.0 Å². The molecule has 6 nitrogen and oxygen atoms in total. The summed E-state index contributed by atoms with van der Waals surface area (Å²) in [5.41, 5.74) is 0.170. The molecule has 0 spiro atoms. The molecule has 1 aliphatic rings. The minimum atomic E-state index is -0.648. The highest BCUT2D eigenvalue weighted by molar-refractivity contribution is 5.81. The van der Waals surface area contributed by atoms with Gasteiger partial charge in [0.15, 0.2) is 6.29 Å². The number of carbonyl (C=O) groups excluding carboxylic acids is 1. The number of hydrogen-bond donors (Lipinski definition) is 0. The Balaban J connectivity index is 2.42. The zero-order valence-electron chi connectivity index (χ0n) is 7.75. The van der Waals surface area contributed by atoms with Crippen molar-refractivity contribution >= 4 is 12.1 Å². The van der Waals surface area contributed by atoms with E-state index in [9.17, 15) is 14.9 Å². The monoisotopic (exact) mass is 208 g/mol. The summed E-state index contributed by atoms with van der Waals surface area (Å²) in [6.07, 6.45) is 3.48. The zero-order valence-corrected chi connectivity index (χ0v) is 7.75. The van der Waals surface area contributed by atoms with Gasteiger partial charge in [0.25, 0.3) is 0 Å². The van der Waals surface area contributed by atoms with E-state index < -0.39 is 10.7 Å². The average molecular weight is 208 g/mol. The number of ether oxygens (including phenoxy) is 1. The number of hydrogen-bond acceptors (Lipinski definition) is 5. The van der Waals surface area contributed by atoms with Crippen LogP contribution in [-0.4, -0.2) is 22.3 Å². The molecular weight excluding hydrogens is 200 g/mol. The molecule has 1 heterocycles. The maximum absolute atomic E-state index is 10.7. The highest BCUT2D eigenvalue weighted by Crippen LogP contribution is 2.33. The highest BCUT2D eigenvalue weighted by Gasteiger charge is 2.29. The predicted octanol–water partition coefficient (Wildman–Crippen LogP) is 1.34. The number of nitro groups is 1. The van der Waals surface area contributed by atoms with Crippen LogP contribution in [0.4, 0.5) is 5.82 Å². The highest BCUT2D eigenvalue weighted by atomic mass is 16.6. The van der Waals surface area contributed by atoms with Crippen molar-refractivity contribution in [3.8, 4) is 5.75 Å². The molecule has 0 aliphatic heterocycles. The van der Waals surface area contributed by atoms with Gasteiger partial charge in [-0.2, -0.15) is 0 Å². The number of rotatable bonds is 4. The van der Waals surface area contributed by atoms with E-state index in [1.54, 1.807) is 0 Å². The van der Waals surface area contributed by atoms with Gasteiger partial charge >= 0.3 is 5.82 Å². The van der Waals surface area contributed by atoms with Crippen molar-refractivity contribution in [1.82, 2.24) is 4.98 Å². The Bertz CT molecular complexity index is 415. The first-order chi connectivity index (χ1) is 7.22. The van der Waals surface area contributed by atoms with Crippen LogP contribution in [0.1, 0.15) is 23.2 Å². The molecule has 0 N–H and O–H groups in total. The van der Waals surface area contributed by atoms with Crippen LogP contribution in [0.25, 0.3) is 0 Å². The lowest BCUT2D eigenvalue weighted by Gasteiger charge is -2.05. The second kappa shape index (κ2) is 3.64. The molecule has 15 heavy (non-hydrogen) atoms. The fourth-order valence-corrected chi connectivity index (χ4v) is 1.15. The summed E-state index contributed by atoms with van der Waals surface area (Å²) in [7, 11) is 0. The van der Waals surface area contributed by atoms with Crippen LogP contribution in [-0.2, 0) is 0 Å². The van der Waals surface area contributed by atoms with Crippen molar-refractivity contribution in [2.24, 2.45) is 0 Å². The van der Waals surface area contributed by atoms with E-state index in [4.69, 9.17) is 4.74 Å². The molecule has 0 amide bonds. The predicted molar refractivity (Wildman–Crippen MR) is 49.9 cm³/mol. The van der Waals surface area contributed by atoms with Gasteiger partial charge < -0.3 is 14.9 Å². The first-order valence-corrected chi connectivity index (χ1v) is 4.47. The summed E-state index contributed by atoms with van der Waals surface area (Å²) in [4.78, 5) is 24.2. The van der Waals surface area contributed by atoms with Gasteiger partial charge in [0.2, 0.25) is 5.75 Å². The summed E-state index contributed by atoms with van der Waals surface area (Å²) >= 11 is 0. The normalized spacial score (nSPS) is 14.7. The molecule has 1 fully saturated rings. The van der Waals surface area contributed by atoms with Crippen molar-refractivity contribution in [3.05, 3.63) is 27.9 Å². The van der Waals surface area contributed by atoms with Gasteiger partial charge in [-0.3, -0.25) is 4.79 Å². The average Bonchev–Trinajstić information content (AvgIpc) is 3.01. The molecule has 6 heteroatoms. The fourth-order valence-electron chi connectivity index (χ4n) is 1.15. The van der Waals surface area contributed by atoms with Gasteiger partial charge in [0.1, 0.15) is 6.20 Å². The molecular formula is C9H8N2O4. The van der Waals surface area contributed by atoms with Crippen molar-refractivity contribution in [2.45, 2.75) is 18.9 Å². The molecule has 0 saturated heterocycles. The minimum Gasteiger partial charge on any atom is -0.482 e. The Kier molecular flexibility index (Phi) is 2.32. The quantitative estimate of drug-likeness (QED) is 0.423. The van der Waals surface area contributed by atoms with Gasteiger partial charge in [0.05, 0.1) is 11.7 Å². The number of aldehydes is 1. The first kappa shape index (κ1) is 9.57. The maximum atomic E-state index is 10.7. The first-order valence-electron chi connectivity index (χ1n) is 4.47. The third kappa shape index (κ3) is 1.93. The van der Waals surface area contributed by atoms with Crippen LogP contribution in [0.15, 0.2) is 12.3 Å². The zero-order chi connectivity index (χ0) is 10.8. The Morgan fingerprint density at radius 1 is 1.60 bits per heavy atom. The third-order valence-corrected chi connectivity index (χ3v) is 2.02. The molecule has 0 atom stereocenters. The summed E-state index contributed by atoms with van der Waals surface area (Å²) in [6, 6.07) is 1.40.